The van der Waals surface area contributed by atoms with Crippen molar-refractivity contribution in [1.29, 1.82) is 0 Å². The van der Waals surface area contributed by atoms with Gasteiger partial charge in [0, 0.05) is 29.5 Å². The molecule has 0 radical (unpaired) electrons. The highest BCUT2D eigenvalue weighted by atomic mass is 35.5. The number of non-ortho nitro benzene ring substituents is 1. The number of hydrazone groups is 1. The number of benzene rings is 2. The van der Waals surface area contributed by atoms with Gasteiger partial charge in [0.1, 0.15) is 5.71 Å². The van der Waals surface area contributed by atoms with E-state index in [4.69, 9.17) is 23.2 Å². The Morgan fingerprint density at radius 3 is 2.55 bits per heavy atom. The zero-order valence-electron chi connectivity index (χ0n) is 14.5. The number of hydrogen-bond acceptors (Lipinski definition) is 7. The first-order valence-corrected chi connectivity index (χ1v) is 9.67. The molecule has 2 aromatic carbocycles. The van der Waals surface area contributed by atoms with Crippen LogP contribution in [-0.2, 0) is 11.2 Å². The molecule has 0 aliphatic rings. The Kier molecular flexibility index (Phi) is 6.42. The first-order valence-electron chi connectivity index (χ1n) is 8.03. The minimum Gasteiger partial charge on any atom is -0.477 e. The topological polar surface area (TPSA) is 118 Å². The number of nitro groups is 1. The lowest BCUT2D eigenvalue weighted by atomic mass is 10.1. The summed E-state index contributed by atoms with van der Waals surface area (Å²) in [6, 6.07) is 10.7. The van der Waals surface area contributed by atoms with Crippen molar-refractivity contribution in [3.8, 4) is 11.3 Å². The number of rotatable bonds is 7. The molecule has 0 atom stereocenters. The van der Waals surface area contributed by atoms with Crippen molar-refractivity contribution in [3.63, 3.8) is 0 Å². The summed E-state index contributed by atoms with van der Waals surface area (Å²) in [7, 11) is 0. The van der Waals surface area contributed by atoms with Crippen LogP contribution in [0, 0.1) is 10.1 Å². The molecule has 2 N–H and O–H groups in total. The molecule has 3 rings (SSSR count). The van der Waals surface area contributed by atoms with E-state index in [9.17, 15) is 20.0 Å². The Labute approximate surface area is 178 Å². The molecule has 29 heavy (non-hydrogen) atoms. The Hall–Kier alpha value is -3.01. The fourth-order valence-electron chi connectivity index (χ4n) is 2.32. The minimum absolute atomic E-state index is 0.00858. The standard InChI is InChI=1S/C18H12Cl2N4O4S/c19-13-6-3-11(8-14(13)20)16-9-29-18(21-16)23-22-15(17(25)26)7-10-1-4-12(5-2-10)24(27)28/h1-6,8-9H,7H2,(H,21,23)(H,25,26)/b22-15-. The summed E-state index contributed by atoms with van der Waals surface area (Å²) in [6.07, 6.45) is -0.00858. The minimum atomic E-state index is -1.21. The zero-order chi connectivity index (χ0) is 21.0. The molecule has 3 aromatic rings. The van der Waals surface area contributed by atoms with Gasteiger partial charge in [-0.25, -0.2) is 9.78 Å². The first-order chi connectivity index (χ1) is 13.8. The molecule has 11 heteroatoms. The molecule has 0 fully saturated rings. The highest BCUT2D eigenvalue weighted by molar-refractivity contribution is 7.14. The van der Waals surface area contributed by atoms with Crippen LogP contribution in [0.2, 0.25) is 10.0 Å². The van der Waals surface area contributed by atoms with Gasteiger partial charge in [-0.3, -0.25) is 15.5 Å². The van der Waals surface area contributed by atoms with Crippen molar-refractivity contribution in [1.82, 2.24) is 4.98 Å². The predicted molar refractivity (Wildman–Crippen MR) is 113 cm³/mol. The second kappa shape index (κ2) is 8.99. The number of aliphatic carboxylic acids is 1. The van der Waals surface area contributed by atoms with Gasteiger partial charge in [-0.15, -0.1) is 11.3 Å². The molecule has 1 heterocycles. The fraction of sp³-hybridized carbons (Fsp3) is 0.0556. The van der Waals surface area contributed by atoms with E-state index in [1.807, 2.05) is 0 Å². The van der Waals surface area contributed by atoms with Gasteiger partial charge in [0.25, 0.3) is 5.69 Å². The Morgan fingerprint density at radius 2 is 1.93 bits per heavy atom. The number of aromatic nitrogens is 1. The van der Waals surface area contributed by atoms with Crippen LogP contribution in [0.4, 0.5) is 10.8 Å². The Bertz CT molecular complexity index is 1100. The number of anilines is 1. The highest BCUT2D eigenvalue weighted by Crippen LogP contribution is 2.30. The third kappa shape index (κ3) is 5.29. The van der Waals surface area contributed by atoms with Crippen LogP contribution in [0.5, 0.6) is 0 Å². The summed E-state index contributed by atoms with van der Waals surface area (Å²) in [5.41, 5.74) is 4.38. The summed E-state index contributed by atoms with van der Waals surface area (Å²) in [5, 5.41) is 27.0. The van der Waals surface area contributed by atoms with Crippen molar-refractivity contribution in [2.45, 2.75) is 6.42 Å². The van der Waals surface area contributed by atoms with E-state index in [1.54, 1.807) is 23.6 Å². The van der Waals surface area contributed by atoms with Gasteiger partial charge in [0.2, 0.25) is 5.13 Å². The van der Waals surface area contributed by atoms with Gasteiger partial charge >= 0.3 is 5.97 Å². The maximum absolute atomic E-state index is 11.5. The number of nitro benzene ring substituents is 1. The van der Waals surface area contributed by atoms with Crippen LogP contribution in [0.25, 0.3) is 11.3 Å². The van der Waals surface area contributed by atoms with Gasteiger partial charge in [-0.2, -0.15) is 5.10 Å². The molecular weight excluding hydrogens is 439 g/mol. The molecular formula is C18H12Cl2N4O4S. The lowest BCUT2D eigenvalue weighted by molar-refractivity contribution is -0.384. The third-order valence-electron chi connectivity index (χ3n) is 3.77. The van der Waals surface area contributed by atoms with E-state index in [1.165, 1.54) is 35.6 Å². The van der Waals surface area contributed by atoms with Gasteiger partial charge < -0.3 is 5.11 Å². The predicted octanol–water partition coefficient (Wildman–Crippen LogP) is 5.12. The van der Waals surface area contributed by atoms with Crippen molar-refractivity contribution < 1.29 is 14.8 Å². The van der Waals surface area contributed by atoms with Gasteiger partial charge in [-0.1, -0.05) is 41.4 Å². The summed E-state index contributed by atoms with van der Waals surface area (Å²) in [5.74, 6) is -1.21. The first kappa shape index (κ1) is 20.7. The van der Waals surface area contributed by atoms with Crippen molar-refractivity contribution >= 4 is 57.0 Å². The maximum atomic E-state index is 11.5. The monoisotopic (exact) mass is 450 g/mol. The number of carboxylic acids is 1. The van der Waals surface area contributed by atoms with Crippen molar-refractivity contribution in [2.75, 3.05) is 5.43 Å². The summed E-state index contributed by atoms with van der Waals surface area (Å²) < 4.78 is 0. The SMILES string of the molecule is O=C(O)/C(Cc1ccc([N+](=O)[O-])cc1)=N\Nc1nc(-c2ccc(Cl)c(Cl)c2)cs1. The third-order valence-corrected chi connectivity index (χ3v) is 5.26. The number of carbonyl (C=O) groups is 1. The normalized spacial score (nSPS) is 11.3. The van der Waals surface area contributed by atoms with Crippen molar-refractivity contribution in [3.05, 3.63) is 73.6 Å². The quantitative estimate of drug-likeness (QED) is 0.293. The lowest BCUT2D eigenvalue weighted by Gasteiger charge is -2.03. The van der Waals surface area contributed by atoms with E-state index < -0.39 is 10.9 Å². The summed E-state index contributed by atoms with van der Waals surface area (Å²) in [6.45, 7) is 0. The second-order valence-corrected chi connectivity index (χ2v) is 7.42. The zero-order valence-corrected chi connectivity index (χ0v) is 16.8. The van der Waals surface area contributed by atoms with Crippen LogP contribution < -0.4 is 5.43 Å². The molecule has 0 aliphatic heterocycles. The molecule has 0 unspecified atom stereocenters. The molecule has 0 aliphatic carbocycles. The average Bonchev–Trinajstić information content (AvgIpc) is 3.16. The molecule has 8 nitrogen and oxygen atoms in total. The van der Waals surface area contributed by atoms with Crippen molar-refractivity contribution in [2.24, 2.45) is 5.10 Å². The van der Waals surface area contributed by atoms with Gasteiger partial charge in [0.05, 0.1) is 20.7 Å². The number of nitrogens with zero attached hydrogens (tertiary/aromatic N) is 3. The number of halogens is 2. The Morgan fingerprint density at radius 1 is 1.21 bits per heavy atom. The number of nitrogens with one attached hydrogen (secondary N) is 1. The molecule has 148 valence electrons. The summed E-state index contributed by atoms with van der Waals surface area (Å²) in [4.78, 5) is 26.0. The molecule has 0 spiro atoms. The molecule has 0 saturated heterocycles. The van der Waals surface area contributed by atoms with E-state index in [0.717, 1.165) is 5.56 Å². The molecule has 0 amide bonds. The van der Waals surface area contributed by atoms with E-state index in [0.29, 0.717) is 26.4 Å². The highest BCUT2D eigenvalue weighted by Gasteiger charge is 2.13. The van der Waals surface area contributed by atoms with E-state index in [2.05, 4.69) is 15.5 Å². The molecule has 0 bridgehead atoms. The largest absolute Gasteiger partial charge is 0.477 e. The van der Waals surface area contributed by atoms with Crippen LogP contribution in [0.1, 0.15) is 5.56 Å². The van der Waals surface area contributed by atoms with Crippen LogP contribution in [0.15, 0.2) is 52.9 Å². The van der Waals surface area contributed by atoms with Crippen LogP contribution in [-0.4, -0.2) is 26.7 Å². The van der Waals surface area contributed by atoms with Gasteiger partial charge in [-0.05, 0) is 17.7 Å². The summed E-state index contributed by atoms with van der Waals surface area (Å²) >= 11 is 13.2. The second-order valence-electron chi connectivity index (χ2n) is 5.74. The van der Waals surface area contributed by atoms with Gasteiger partial charge in [0.15, 0.2) is 0 Å². The molecule has 1 aromatic heterocycles. The number of carboxylic acid groups (broad SMARTS) is 1. The smallest absolute Gasteiger partial charge is 0.352 e. The number of thiazole rings is 1. The lowest BCUT2D eigenvalue weighted by Crippen LogP contribution is -2.17. The number of hydrogen-bond donors (Lipinski definition) is 2. The molecule has 0 saturated carbocycles. The average molecular weight is 451 g/mol. The van der Waals surface area contributed by atoms with E-state index in [-0.39, 0.29) is 17.8 Å². The van der Waals surface area contributed by atoms with E-state index >= 15 is 0 Å². The fourth-order valence-corrected chi connectivity index (χ4v) is 3.28. The van der Waals surface area contributed by atoms with Crippen LogP contribution in [0.3, 0.4) is 0 Å². The maximum Gasteiger partial charge on any atom is 0.352 e. The van der Waals surface area contributed by atoms with Crippen LogP contribution >= 0.6 is 34.5 Å². The Balaban J connectivity index is 1.73.